The SMILES string of the molecule is C=CCN1C(=O)COc2ccc(NC(=O)C3CC3)nc21. The number of ether oxygens (including phenoxy) is 1. The molecule has 1 aliphatic carbocycles. The molecule has 1 fully saturated rings. The first kappa shape index (κ1) is 12.7. The van der Waals surface area contributed by atoms with E-state index in [-0.39, 0.29) is 24.3 Å². The van der Waals surface area contributed by atoms with E-state index < -0.39 is 0 Å². The lowest BCUT2D eigenvalue weighted by Crippen LogP contribution is -2.39. The first-order chi connectivity index (χ1) is 9.69. The van der Waals surface area contributed by atoms with Crippen LogP contribution in [-0.2, 0) is 9.59 Å². The molecule has 3 rings (SSSR count). The third-order valence-electron chi connectivity index (χ3n) is 3.26. The van der Waals surface area contributed by atoms with Gasteiger partial charge in [0.15, 0.2) is 18.2 Å². The number of hydrogen-bond acceptors (Lipinski definition) is 4. The number of carbonyl (C=O) groups is 2. The predicted octanol–water partition coefficient (Wildman–Crippen LogP) is 1.34. The molecule has 6 nitrogen and oxygen atoms in total. The molecule has 0 atom stereocenters. The summed E-state index contributed by atoms with van der Waals surface area (Å²) >= 11 is 0. The number of aromatic nitrogens is 1. The number of nitrogens with zero attached hydrogens (tertiary/aromatic N) is 2. The molecule has 2 amide bonds. The second kappa shape index (κ2) is 4.96. The van der Waals surface area contributed by atoms with E-state index in [1.165, 1.54) is 4.90 Å². The largest absolute Gasteiger partial charge is 0.480 e. The fourth-order valence-electron chi connectivity index (χ4n) is 2.04. The van der Waals surface area contributed by atoms with Gasteiger partial charge in [-0.1, -0.05) is 6.08 Å². The highest BCUT2D eigenvalue weighted by Gasteiger charge is 2.31. The zero-order chi connectivity index (χ0) is 14.1. The minimum Gasteiger partial charge on any atom is -0.480 e. The molecular formula is C14H15N3O3. The first-order valence-corrected chi connectivity index (χ1v) is 6.55. The van der Waals surface area contributed by atoms with E-state index in [0.717, 1.165) is 12.8 Å². The van der Waals surface area contributed by atoms with Crippen molar-refractivity contribution in [2.45, 2.75) is 12.8 Å². The molecule has 0 spiro atoms. The van der Waals surface area contributed by atoms with Crippen LogP contribution in [0.3, 0.4) is 0 Å². The van der Waals surface area contributed by atoms with Gasteiger partial charge in [-0.25, -0.2) is 4.98 Å². The van der Waals surface area contributed by atoms with E-state index in [1.54, 1.807) is 18.2 Å². The molecule has 0 radical (unpaired) electrons. The van der Waals surface area contributed by atoms with Gasteiger partial charge in [0.25, 0.3) is 5.91 Å². The number of rotatable bonds is 4. The number of pyridine rings is 1. The molecular weight excluding hydrogens is 258 g/mol. The highest BCUT2D eigenvalue weighted by atomic mass is 16.5. The van der Waals surface area contributed by atoms with Crippen molar-refractivity contribution in [3.05, 3.63) is 24.8 Å². The summed E-state index contributed by atoms with van der Waals surface area (Å²) in [6, 6.07) is 3.40. The molecule has 1 aromatic heterocycles. The van der Waals surface area contributed by atoms with Crippen LogP contribution < -0.4 is 15.0 Å². The van der Waals surface area contributed by atoms with E-state index in [2.05, 4.69) is 16.9 Å². The van der Waals surface area contributed by atoms with Gasteiger partial charge in [0.1, 0.15) is 5.82 Å². The fraction of sp³-hybridized carbons (Fsp3) is 0.357. The minimum absolute atomic E-state index is 0.00367. The fourth-order valence-corrected chi connectivity index (χ4v) is 2.04. The van der Waals surface area contributed by atoms with Crippen molar-refractivity contribution in [3.8, 4) is 5.75 Å². The number of hydrogen-bond donors (Lipinski definition) is 1. The second-order valence-corrected chi connectivity index (χ2v) is 4.86. The normalized spacial score (nSPS) is 17.2. The van der Waals surface area contributed by atoms with Crippen molar-refractivity contribution in [2.24, 2.45) is 5.92 Å². The Bertz CT molecular complexity index is 581. The number of anilines is 2. The lowest BCUT2D eigenvalue weighted by atomic mass is 10.3. The van der Waals surface area contributed by atoms with E-state index in [9.17, 15) is 9.59 Å². The number of nitrogens with one attached hydrogen (secondary N) is 1. The van der Waals surface area contributed by atoms with E-state index >= 15 is 0 Å². The molecule has 20 heavy (non-hydrogen) atoms. The number of carbonyl (C=O) groups excluding carboxylic acids is 2. The molecule has 2 heterocycles. The summed E-state index contributed by atoms with van der Waals surface area (Å²) < 4.78 is 5.33. The summed E-state index contributed by atoms with van der Waals surface area (Å²) in [6.45, 7) is 3.99. The van der Waals surface area contributed by atoms with E-state index in [1.807, 2.05) is 0 Å². The van der Waals surface area contributed by atoms with Crippen LogP contribution in [0.4, 0.5) is 11.6 Å². The van der Waals surface area contributed by atoms with Crippen molar-refractivity contribution in [1.29, 1.82) is 0 Å². The molecule has 104 valence electrons. The van der Waals surface area contributed by atoms with Crippen LogP contribution in [0.15, 0.2) is 24.8 Å². The average Bonchev–Trinajstić information content (AvgIpc) is 3.27. The van der Waals surface area contributed by atoms with Crippen molar-refractivity contribution in [1.82, 2.24) is 4.98 Å². The number of fused-ring (bicyclic) bond motifs is 1. The van der Waals surface area contributed by atoms with Crippen LogP contribution in [0.2, 0.25) is 0 Å². The van der Waals surface area contributed by atoms with Crippen LogP contribution in [0.1, 0.15) is 12.8 Å². The molecule has 0 unspecified atom stereocenters. The summed E-state index contributed by atoms with van der Waals surface area (Å²) in [6.07, 6.45) is 3.49. The Morgan fingerprint density at radius 2 is 2.35 bits per heavy atom. The Morgan fingerprint density at radius 3 is 3.05 bits per heavy atom. The van der Waals surface area contributed by atoms with Crippen LogP contribution >= 0.6 is 0 Å². The molecule has 1 N–H and O–H groups in total. The summed E-state index contributed by atoms with van der Waals surface area (Å²) in [4.78, 5) is 29.4. The quantitative estimate of drug-likeness (QED) is 0.840. The predicted molar refractivity (Wildman–Crippen MR) is 73.6 cm³/mol. The van der Waals surface area contributed by atoms with Crippen LogP contribution in [0.5, 0.6) is 5.75 Å². The smallest absolute Gasteiger partial charge is 0.266 e. The Balaban J connectivity index is 1.86. The Morgan fingerprint density at radius 1 is 1.55 bits per heavy atom. The zero-order valence-electron chi connectivity index (χ0n) is 11.0. The maximum atomic E-state index is 11.8. The monoisotopic (exact) mass is 273 g/mol. The summed E-state index contributed by atoms with van der Waals surface area (Å²) in [5.41, 5.74) is 0. The van der Waals surface area contributed by atoms with Gasteiger partial charge in [-0.05, 0) is 25.0 Å². The molecule has 1 aromatic rings. The van der Waals surface area contributed by atoms with E-state index in [0.29, 0.717) is 23.9 Å². The van der Waals surface area contributed by atoms with Gasteiger partial charge < -0.3 is 10.1 Å². The molecule has 6 heteroatoms. The van der Waals surface area contributed by atoms with Gasteiger partial charge >= 0.3 is 0 Å². The van der Waals surface area contributed by atoms with Crippen molar-refractivity contribution in [3.63, 3.8) is 0 Å². The molecule has 2 aliphatic rings. The van der Waals surface area contributed by atoms with Crippen LogP contribution in [-0.4, -0.2) is 29.9 Å². The first-order valence-electron chi connectivity index (χ1n) is 6.55. The number of amides is 2. The Hall–Kier alpha value is -2.37. The lowest BCUT2D eigenvalue weighted by molar-refractivity contribution is -0.121. The van der Waals surface area contributed by atoms with Crippen molar-refractivity contribution in [2.75, 3.05) is 23.4 Å². The Labute approximate surface area is 116 Å². The third kappa shape index (κ3) is 2.36. The van der Waals surface area contributed by atoms with Gasteiger partial charge in [-0.3, -0.25) is 14.5 Å². The lowest BCUT2D eigenvalue weighted by Gasteiger charge is -2.27. The summed E-state index contributed by atoms with van der Waals surface area (Å²) in [7, 11) is 0. The molecule has 1 aliphatic heterocycles. The van der Waals surface area contributed by atoms with Crippen LogP contribution in [0.25, 0.3) is 0 Å². The van der Waals surface area contributed by atoms with E-state index in [4.69, 9.17) is 4.74 Å². The molecule has 0 saturated heterocycles. The van der Waals surface area contributed by atoms with Crippen molar-refractivity contribution >= 4 is 23.5 Å². The molecule has 1 saturated carbocycles. The van der Waals surface area contributed by atoms with Gasteiger partial charge in [0.05, 0.1) is 0 Å². The van der Waals surface area contributed by atoms with Crippen molar-refractivity contribution < 1.29 is 14.3 Å². The second-order valence-electron chi connectivity index (χ2n) is 4.86. The molecule has 0 aromatic carbocycles. The molecule has 0 bridgehead atoms. The van der Waals surface area contributed by atoms with Gasteiger partial charge in [0, 0.05) is 12.5 Å². The van der Waals surface area contributed by atoms with Gasteiger partial charge in [-0.15, -0.1) is 6.58 Å². The maximum absolute atomic E-state index is 11.8. The highest BCUT2D eigenvalue weighted by Crippen LogP contribution is 2.33. The summed E-state index contributed by atoms with van der Waals surface area (Å²) in [5.74, 6) is 1.32. The minimum atomic E-state index is -0.171. The zero-order valence-corrected chi connectivity index (χ0v) is 11.0. The third-order valence-corrected chi connectivity index (χ3v) is 3.26. The topological polar surface area (TPSA) is 71.5 Å². The summed E-state index contributed by atoms with van der Waals surface area (Å²) in [5, 5.41) is 2.76. The van der Waals surface area contributed by atoms with Crippen LogP contribution in [0, 0.1) is 5.92 Å². The standard InChI is InChI=1S/C14H15N3O3/c1-2-7-17-12(18)8-20-10-5-6-11(15-13(10)17)16-14(19)9-3-4-9/h2,5-6,9H,1,3-4,7-8H2,(H,15,16,19). The van der Waals surface area contributed by atoms with Gasteiger partial charge in [0.2, 0.25) is 5.91 Å². The Kier molecular flexibility index (Phi) is 3.14. The maximum Gasteiger partial charge on any atom is 0.266 e. The highest BCUT2D eigenvalue weighted by molar-refractivity contribution is 5.98. The van der Waals surface area contributed by atoms with Gasteiger partial charge in [-0.2, -0.15) is 0 Å². The average molecular weight is 273 g/mol.